The molecule has 6 rings (SSSR count). The lowest BCUT2D eigenvalue weighted by molar-refractivity contribution is -0.174. The fourth-order valence-electron chi connectivity index (χ4n) is 11.4. The van der Waals surface area contributed by atoms with Gasteiger partial charge in [0.15, 0.2) is 0 Å². The number of hydrogen-bond donors (Lipinski definition) is 2. The van der Waals surface area contributed by atoms with E-state index >= 15 is 0 Å². The van der Waals surface area contributed by atoms with Gasteiger partial charge in [-0.05, 0) is 134 Å². The number of esters is 2. The van der Waals surface area contributed by atoms with Gasteiger partial charge in [-0.25, -0.2) is 4.79 Å². The molecule has 0 amide bonds. The van der Waals surface area contributed by atoms with Crippen molar-refractivity contribution >= 4 is 23.3 Å². The van der Waals surface area contributed by atoms with Crippen LogP contribution in [-0.2, 0) is 9.53 Å². The Morgan fingerprint density at radius 3 is 2.26 bits per heavy atom. The standard InChI is InChI=1S/C41H58N2O4/c1-25(2)9-6-10-26(3)34-15-16-35-32-24-33(39(45)47-30-14-8-13-29(43)22-30)37-23-31(46-38(44)27-11-7-12-28(42)21-27)17-19-41(37,5)36(32)18-20-40(34,35)4/h7-8,11-14,21-22,25-26,31-37H,6,9-10,15-20,23-24,42-43H2,1-5H3. The van der Waals surface area contributed by atoms with Crippen LogP contribution in [0.2, 0.25) is 0 Å². The zero-order valence-corrected chi connectivity index (χ0v) is 29.4. The van der Waals surface area contributed by atoms with Crippen molar-refractivity contribution in [3.63, 3.8) is 0 Å². The summed E-state index contributed by atoms with van der Waals surface area (Å²) in [6.45, 7) is 12.2. The second-order valence-electron chi connectivity index (χ2n) is 16.8. The molecule has 0 bridgehead atoms. The van der Waals surface area contributed by atoms with Gasteiger partial charge in [-0.2, -0.15) is 0 Å². The molecular formula is C41H58N2O4. The Kier molecular flexibility index (Phi) is 9.71. The van der Waals surface area contributed by atoms with E-state index in [1.807, 2.05) is 18.2 Å². The number of carbonyl (C=O) groups is 2. The maximum absolute atomic E-state index is 14.3. The van der Waals surface area contributed by atoms with E-state index in [1.54, 1.807) is 30.3 Å². The number of anilines is 2. The molecule has 256 valence electrons. The van der Waals surface area contributed by atoms with E-state index in [0.29, 0.717) is 52.3 Å². The molecule has 10 atom stereocenters. The van der Waals surface area contributed by atoms with Crippen molar-refractivity contribution in [1.29, 1.82) is 0 Å². The van der Waals surface area contributed by atoms with Gasteiger partial charge in [0.1, 0.15) is 11.9 Å². The first-order valence-corrected chi connectivity index (χ1v) is 18.5. The highest BCUT2D eigenvalue weighted by molar-refractivity contribution is 5.90. The predicted octanol–water partition coefficient (Wildman–Crippen LogP) is 9.33. The third-order valence-corrected chi connectivity index (χ3v) is 13.6. The van der Waals surface area contributed by atoms with Crippen LogP contribution in [0.3, 0.4) is 0 Å². The van der Waals surface area contributed by atoms with E-state index in [-0.39, 0.29) is 35.3 Å². The summed E-state index contributed by atoms with van der Waals surface area (Å²) in [7, 11) is 0. The normalized spacial score (nSPS) is 35.3. The predicted molar refractivity (Wildman–Crippen MR) is 188 cm³/mol. The Hall–Kier alpha value is -3.02. The molecule has 4 aliphatic carbocycles. The van der Waals surface area contributed by atoms with Gasteiger partial charge >= 0.3 is 11.9 Å². The highest BCUT2D eigenvalue weighted by Gasteiger charge is 2.63. The Labute approximate surface area is 282 Å². The van der Waals surface area contributed by atoms with Crippen LogP contribution in [0.1, 0.15) is 116 Å². The van der Waals surface area contributed by atoms with Crippen molar-refractivity contribution in [2.75, 3.05) is 11.5 Å². The van der Waals surface area contributed by atoms with Crippen LogP contribution in [0.4, 0.5) is 11.4 Å². The minimum Gasteiger partial charge on any atom is -0.459 e. The van der Waals surface area contributed by atoms with E-state index in [1.165, 1.54) is 44.9 Å². The van der Waals surface area contributed by atoms with Gasteiger partial charge in [0.05, 0.1) is 11.5 Å². The molecule has 2 aromatic rings. The van der Waals surface area contributed by atoms with Gasteiger partial charge < -0.3 is 20.9 Å². The lowest BCUT2D eigenvalue weighted by Gasteiger charge is -2.62. The van der Waals surface area contributed by atoms with Crippen molar-refractivity contribution in [1.82, 2.24) is 0 Å². The molecule has 47 heavy (non-hydrogen) atoms. The summed E-state index contributed by atoms with van der Waals surface area (Å²) in [6.07, 6.45) is 12.1. The third-order valence-electron chi connectivity index (χ3n) is 13.6. The summed E-state index contributed by atoms with van der Waals surface area (Å²) in [5.74, 6) is 3.82. The van der Waals surface area contributed by atoms with E-state index in [2.05, 4.69) is 34.6 Å². The van der Waals surface area contributed by atoms with Crippen LogP contribution in [0.15, 0.2) is 48.5 Å². The van der Waals surface area contributed by atoms with Gasteiger partial charge in [0.2, 0.25) is 0 Å². The molecule has 0 radical (unpaired) electrons. The molecule has 0 aliphatic heterocycles. The Morgan fingerprint density at radius 1 is 0.830 bits per heavy atom. The first-order valence-electron chi connectivity index (χ1n) is 18.5. The molecular weight excluding hydrogens is 584 g/mol. The maximum Gasteiger partial charge on any atom is 0.338 e. The van der Waals surface area contributed by atoms with E-state index in [0.717, 1.165) is 37.0 Å². The van der Waals surface area contributed by atoms with Gasteiger partial charge in [-0.3, -0.25) is 4.79 Å². The molecule has 2 aromatic carbocycles. The van der Waals surface area contributed by atoms with E-state index < -0.39 is 0 Å². The minimum absolute atomic E-state index is 0.00923. The zero-order valence-electron chi connectivity index (χ0n) is 29.4. The molecule has 0 saturated heterocycles. The molecule has 4 fully saturated rings. The van der Waals surface area contributed by atoms with Crippen LogP contribution >= 0.6 is 0 Å². The molecule has 10 unspecified atom stereocenters. The molecule has 4 saturated carbocycles. The summed E-state index contributed by atoms with van der Waals surface area (Å²) < 4.78 is 12.3. The lowest BCUT2D eigenvalue weighted by atomic mass is 9.42. The Bertz CT molecular complexity index is 1440. The number of hydrogen-bond acceptors (Lipinski definition) is 6. The summed E-state index contributed by atoms with van der Waals surface area (Å²) in [6, 6.07) is 14.2. The van der Waals surface area contributed by atoms with Crippen molar-refractivity contribution in [2.45, 2.75) is 111 Å². The quantitative estimate of drug-likeness (QED) is 0.160. The van der Waals surface area contributed by atoms with Crippen LogP contribution in [0, 0.1) is 58.2 Å². The first kappa shape index (κ1) is 33.9. The molecule has 0 heterocycles. The van der Waals surface area contributed by atoms with E-state index in [4.69, 9.17) is 20.9 Å². The molecule has 6 heteroatoms. The number of nitrogens with two attached hydrogens (primary N) is 2. The van der Waals surface area contributed by atoms with Crippen LogP contribution in [0.5, 0.6) is 5.75 Å². The number of benzene rings is 2. The largest absolute Gasteiger partial charge is 0.459 e. The fourth-order valence-corrected chi connectivity index (χ4v) is 11.4. The van der Waals surface area contributed by atoms with E-state index in [9.17, 15) is 9.59 Å². The van der Waals surface area contributed by atoms with Gasteiger partial charge in [-0.15, -0.1) is 0 Å². The molecule has 6 nitrogen and oxygen atoms in total. The van der Waals surface area contributed by atoms with Crippen molar-refractivity contribution in [3.8, 4) is 5.75 Å². The van der Waals surface area contributed by atoms with Crippen LogP contribution < -0.4 is 16.2 Å². The Balaban J connectivity index is 1.25. The molecule has 0 aromatic heterocycles. The number of ether oxygens (including phenoxy) is 2. The van der Waals surface area contributed by atoms with Crippen molar-refractivity contribution in [2.24, 2.45) is 58.2 Å². The summed E-state index contributed by atoms with van der Waals surface area (Å²) >= 11 is 0. The molecule has 4 N–H and O–H groups in total. The van der Waals surface area contributed by atoms with Gasteiger partial charge in [0, 0.05) is 17.4 Å². The van der Waals surface area contributed by atoms with Gasteiger partial charge in [-0.1, -0.05) is 66.0 Å². The summed E-state index contributed by atoms with van der Waals surface area (Å²) in [5, 5.41) is 0. The SMILES string of the molecule is CC(C)CCCC(C)C1CCC2C3CC(C(=O)Oc4cccc(N)c4)C4CC(OC(=O)c5cccc(N)c5)CCC4(C)C3CCC12C. The average molecular weight is 643 g/mol. The third kappa shape index (κ3) is 6.68. The highest BCUT2D eigenvalue weighted by Crippen LogP contribution is 2.69. The van der Waals surface area contributed by atoms with Gasteiger partial charge in [0.25, 0.3) is 0 Å². The second-order valence-corrected chi connectivity index (χ2v) is 16.8. The number of rotatable bonds is 9. The monoisotopic (exact) mass is 642 g/mol. The second kappa shape index (κ2) is 13.5. The zero-order chi connectivity index (χ0) is 33.5. The molecule has 4 aliphatic rings. The summed E-state index contributed by atoms with van der Waals surface area (Å²) in [4.78, 5) is 27.5. The molecule has 0 spiro atoms. The van der Waals surface area contributed by atoms with Crippen LogP contribution in [0.25, 0.3) is 0 Å². The maximum atomic E-state index is 14.3. The first-order chi connectivity index (χ1) is 22.4. The topological polar surface area (TPSA) is 105 Å². The number of fused-ring (bicyclic) bond motifs is 5. The fraction of sp³-hybridized carbons (Fsp3) is 0.659. The van der Waals surface area contributed by atoms with Crippen molar-refractivity contribution in [3.05, 3.63) is 54.1 Å². The summed E-state index contributed by atoms with van der Waals surface area (Å²) in [5.41, 5.74) is 13.9. The number of carbonyl (C=O) groups excluding carboxylic acids is 2. The lowest BCUT2D eigenvalue weighted by Crippen LogP contribution is -2.58. The average Bonchev–Trinajstić information content (AvgIpc) is 3.38. The van der Waals surface area contributed by atoms with Crippen LogP contribution in [-0.4, -0.2) is 18.0 Å². The number of nitrogen functional groups attached to an aromatic ring is 2. The highest BCUT2D eigenvalue weighted by atomic mass is 16.5. The smallest absolute Gasteiger partial charge is 0.338 e. The minimum atomic E-state index is -0.341. The Morgan fingerprint density at radius 2 is 1.53 bits per heavy atom. The van der Waals surface area contributed by atoms with Crippen molar-refractivity contribution < 1.29 is 19.1 Å².